The molecule has 0 unspecified atom stereocenters. The van der Waals surface area contributed by atoms with Crippen LogP contribution in [0.5, 0.6) is 5.75 Å². The molecule has 0 spiro atoms. The van der Waals surface area contributed by atoms with Crippen molar-refractivity contribution in [1.82, 2.24) is 0 Å². The van der Waals surface area contributed by atoms with Gasteiger partial charge in [-0.1, -0.05) is 0 Å². The summed E-state index contributed by atoms with van der Waals surface area (Å²) >= 11 is 2.79. The first-order valence-corrected chi connectivity index (χ1v) is 4.12. The number of hydrogen-bond acceptors (Lipinski definition) is 3. The average Bonchev–Trinajstić information content (AvgIpc) is 2.13. The molecule has 0 aliphatic carbocycles. The summed E-state index contributed by atoms with van der Waals surface area (Å²) in [5.74, 6) is -1.80. The van der Waals surface area contributed by atoms with Crippen LogP contribution in [0.2, 0.25) is 0 Å². The van der Waals surface area contributed by atoms with Crippen molar-refractivity contribution in [2.24, 2.45) is 0 Å². The highest BCUT2D eigenvalue weighted by atomic mass is 79.9. The summed E-state index contributed by atoms with van der Waals surface area (Å²) in [6, 6.07) is 2.22. The number of rotatable bonds is 1. The zero-order valence-corrected chi connectivity index (χ0v) is 8.26. The molecule has 70 valence electrons. The molecule has 0 aliphatic heterocycles. The third-order valence-corrected chi connectivity index (χ3v) is 2.23. The number of benzene rings is 1. The Labute approximate surface area is 82.3 Å². The number of carbonyl (C=O) groups is 1. The Morgan fingerprint density at radius 3 is 2.77 bits per heavy atom. The summed E-state index contributed by atoms with van der Waals surface area (Å²) in [6.45, 7) is 0. The summed E-state index contributed by atoms with van der Waals surface area (Å²) < 4.78 is 17.0. The second kappa shape index (κ2) is 3.74. The molecule has 1 aromatic rings. The van der Waals surface area contributed by atoms with Crippen molar-refractivity contribution < 1.29 is 19.0 Å². The van der Waals surface area contributed by atoms with Gasteiger partial charge in [-0.3, -0.25) is 0 Å². The largest absolute Gasteiger partial charge is 0.506 e. The molecule has 0 aliphatic rings. The first-order valence-electron chi connectivity index (χ1n) is 3.33. The Morgan fingerprint density at radius 2 is 2.23 bits per heavy atom. The van der Waals surface area contributed by atoms with Crippen molar-refractivity contribution in [2.75, 3.05) is 7.11 Å². The minimum Gasteiger partial charge on any atom is -0.506 e. The van der Waals surface area contributed by atoms with E-state index in [4.69, 9.17) is 0 Å². The predicted octanol–water partition coefficient (Wildman–Crippen LogP) is 2.08. The Bertz CT molecular complexity index is 351. The number of aromatic hydroxyl groups is 1. The van der Waals surface area contributed by atoms with Crippen LogP contribution in [-0.4, -0.2) is 18.2 Å². The minimum atomic E-state index is -0.710. The molecule has 0 aromatic heterocycles. The highest BCUT2D eigenvalue weighted by Crippen LogP contribution is 2.30. The number of phenolic OH excluding ortho intramolecular Hbond substituents is 1. The van der Waals surface area contributed by atoms with E-state index >= 15 is 0 Å². The summed E-state index contributed by atoms with van der Waals surface area (Å²) in [5, 5.41) is 9.29. The Hall–Kier alpha value is -1.10. The van der Waals surface area contributed by atoms with Crippen LogP contribution in [0.1, 0.15) is 10.4 Å². The molecule has 1 rings (SSSR count). The van der Waals surface area contributed by atoms with Gasteiger partial charge in [-0.15, -0.1) is 0 Å². The number of halogens is 2. The number of hydrogen-bond donors (Lipinski definition) is 1. The molecule has 0 saturated carbocycles. The number of phenols is 1. The van der Waals surface area contributed by atoms with E-state index in [2.05, 4.69) is 20.7 Å². The topological polar surface area (TPSA) is 46.5 Å². The van der Waals surface area contributed by atoms with Crippen LogP contribution in [0.4, 0.5) is 4.39 Å². The van der Waals surface area contributed by atoms with Crippen LogP contribution < -0.4 is 0 Å². The maximum Gasteiger partial charge on any atom is 0.341 e. The van der Waals surface area contributed by atoms with Crippen LogP contribution in [0.25, 0.3) is 0 Å². The first kappa shape index (κ1) is 9.98. The van der Waals surface area contributed by atoms with Gasteiger partial charge in [0.05, 0.1) is 11.6 Å². The van der Waals surface area contributed by atoms with E-state index in [0.29, 0.717) is 0 Å². The lowest BCUT2D eigenvalue weighted by molar-refractivity contribution is 0.0597. The molecular weight excluding hydrogens is 243 g/mol. The van der Waals surface area contributed by atoms with Crippen LogP contribution in [-0.2, 0) is 4.74 Å². The van der Waals surface area contributed by atoms with E-state index in [0.717, 1.165) is 12.1 Å². The van der Waals surface area contributed by atoms with Gasteiger partial charge in [-0.2, -0.15) is 0 Å². The third kappa shape index (κ3) is 1.80. The minimum absolute atomic E-state index is 0.0734. The molecule has 0 saturated heterocycles. The van der Waals surface area contributed by atoms with Crippen LogP contribution in [0.3, 0.4) is 0 Å². The van der Waals surface area contributed by atoms with Gasteiger partial charge in [0.25, 0.3) is 0 Å². The normalized spacial score (nSPS) is 9.77. The average molecular weight is 249 g/mol. The summed E-state index contributed by atoms with van der Waals surface area (Å²) in [6.07, 6.45) is 0. The van der Waals surface area contributed by atoms with E-state index in [-0.39, 0.29) is 10.0 Å². The van der Waals surface area contributed by atoms with Crippen molar-refractivity contribution in [2.45, 2.75) is 0 Å². The van der Waals surface area contributed by atoms with E-state index in [1.165, 1.54) is 7.11 Å². The van der Waals surface area contributed by atoms with Crippen molar-refractivity contribution in [3.8, 4) is 5.75 Å². The van der Waals surface area contributed by atoms with Crippen LogP contribution in [0, 0.1) is 5.82 Å². The SMILES string of the molecule is COC(=O)c1ccc(F)c(Br)c1O. The maximum absolute atomic E-state index is 12.8. The fourth-order valence-corrected chi connectivity index (χ4v) is 1.16. The molecule has 0 radical (unpaired) electrons. The second-order valence-corrected chi connectivity index (χ2v) is 3.04. The van der Waals surface area contributed by atoms with Crippen LogP contribution in [0.15, 0.2) is 16.6 Å². The predicted molar refractivity (Wildman–Crippen MR) is 47.1 cm³/mol. The van der Waals surface area contributed by atoms with E-state index < -0.39 is 17.5 Å². The van der Waals surface area contributed by atoms with E-state index in [9.17, 15) is 14.3 Å². The summed E-state index contributed by atoms with van der Waals surface area (Å²) in [5.41, 5.74) is -0.0734. The zero-order valence-electron chi connectivity index (χ0n) is 6.67. The standard InChI is InChI=1S/C8H6BrFO3/c1-13-8(12)4-2-3-5(10)6(9)7(4)11/h2-3,11H,1H3. The smallest absolute Gasteiger partial charge is 0.341 e. The van der Waals surface area contributed by atoms with Gasteiger partial charge < -0.3 is 9.84 Å². The molecule has 3 nitrogen and oxygen atoms in total. The maximum atomic E-state index is 12.8. The third-order valence-electron chi connectivity index (χ3n) is 1.47. The molecule has 0 bridgehead atoms. The van der Waals surface area contributed by atoms with Gasteiger partial charge in [0.2, 0.25) is 0 Å². The van der Waals surface area contributed by atoms with E-state index in [1.807, 2.05) is 0 Å². The van der Waals surface area contributed by atoms with Crippen molar-refractivity contribution >= 4 is 21.9 Å². The molecule has 1 aromatic carbocycles. The highest BCUT2D eigenvalue weighted by molar-refractivity contribution is 9.10. The number of esters is 1. The Balaban J connectivity index is 3.26. The first-order chi connectivity index (χ1) is 6.07. The molecule has 0 amide bonds. The number of carbonyl (C=O) groups excluding carboxylic acids is 1. The number of methoxy groups -OCH3 is 1. The fourth-order valence-electron chi connectivity index (χ4n) is 0.815. The lowest BCUT2D eigenvalue weighted by Gasteiger charge is -2.04. The molecule has 0 fully saturated rings. The van der Waals surface area contributed by atoms with Crippen molar-refractivity contribution in [3.63, 3.8) is 0 Å². The Kier molecular flexibility index (Phi) is 2.87. The lowest BCUT2D eigenvalue weighted by atomic mass is 10.2. The van der Waals surface area contributed by atoms with Crippen molar-refractivity contribution in [3.05, 3.63) is 28.0 Å². The molecule has 0 atom stereocenters. The second-order valence-electron chi connectivity index (χ2n) is 2.25. The summed E-state index contributed by atoms with van der Waals surface area (Å²) in [4.78, 5) is 11.0. The summed E-state index contributed by atoms with van der Waals surface area (Å²) in [7, 11) is 1.18. The van der Waals surface area contributed by atoms with Crippen molar-refractivity contribution in [1.29, 1.82) is 0 Å². The Morgan fingerprint density at radius 1 is 1.62 bits per heavy atom. The highest BCUT2D eigenvalue weighted by Gasteiger charge is 2.16. The van der Waals surface area contributed by atoms with Gasteiger partial charge in [-0.25, -0.2) is 9.18 Å². The van der Waals surface area contributed by atoms with Gasteiger partial charge in [0.15, 0.2) is 0 Å². The molecular formula is C8H6BrFO3. The number of ether oxygens (including phenoxy) is 1. The molecule has 0 heterocycles. The van der Waals surface area contributed by atoms with Gasteiger partial charge >= 0.3 is 5.97 Å². The lowest BCUT2D eigenvalue weighted by Crippen LogP contribution is -2.02. The molecule has 5 heteroatoms. The fraction of sp³-hybridized carbons (Fsp3) is 0.125. The molecule has 1 N–H and O–H groups in total. The van der Waals surface area contributed by atoms with Gasteiger partial charge in [-0.05, 0) is 28.1 Å². The van der Waals surface area contributed by atoms with Crippen LogP contribution >= 0.6 is 15.9 Å². The quantitative estimate of drug-likeness (QED) is 0.775. The van der Waals surface area contributed by atoms with Gasteiger partial charge in [0, 0.05) is 0 Å². The van der Waals surface area contributed by atoms with E-state index in [1.54, 1.807) is 0 Å². The monoisotopic (exact) mass is 248 g/mol. The van der Waals surface area contributed by atoms with Gasteiger partial charge in [0.1, 0.15) is 17.1 Å². The molecule has 13 heavy (non-hydrogen) atoms. The zero-order chi connectivity index (χ0) is 10.0.